The van der Waals surface area contributed by atoms with Crippen LogP contribution in [0, 0.1) is 6.92 Å². The molecule has 0 radical (unpaired) electrons. The Morgan fingerprint density at radius 1 is 1.41 bits per heavy atom. The van der Waals surface area contributed by atoms with Crippen LogP contribution in [0.5, 0.6) is 0 Å². The minimum absolute atomic E-state index is 0.0334. The third-order valence-corrected chi connectivity index (χ3v) is 3.74. The minimum Gasteiger partial charge on any atom is -0.444 e. The second-order valence-electron chi connectivity index (χ2n) is 6.90. The molecule has 0 N–H and O–H groups in total. The van der Waals surface area contributed by atoms with Crippen molar-refractivity contribution in [3.05, 3.63) is 17.5 Å². The van der Waals surface area contributed by atoms with Gasteiger partial charge < -0.3 is 9.64 Å². The van der Waals surface area contributed by atoms with Crippen molar-refractivity contribution in [3.8, 4) is 0 Å². The summed E-state index contributed by atoms with van der Waals surface area (Å²) >= 11 is 0. The quantitative estimate of drug-likeness (QED) is 0.805. The number of ether oxygens (including phenoxy) is 1. The standard InChI is InChI=1S/C16H25N3O3/c1-11-13(10-18(5)17-11)14(20)9-12-7-6-8-19(12)15(21)22-16(2,3)4/h10,12H,6-9H2,1-5H3. The number of hydrogen-bond acceptors (Lipinski definition) is 4. The highest BCUT2D eigenvalue weighted by Crippen LogP contribution is 2.24. The first kappa shape index (κ1) is 16.5. The Bertz CT molecular complexity index is 572. The highest BCUT2D eigenvalue weighted by molar-refractivity contribution is 5.97. The van der Waals surface area contributed by atoms with Crippen molar-refractivity contribution in [3.63, 3.8) is 0 Å². The fourth-order valence-corrected chi connectivity index (χ4v) is 2.81. The van der Waals surface area contributed by atoms with Crippen LogP contribution < -0.4 is 0 Å². The van der Waals surface area contributed by atoms with Gasteiger partial charge in [-0.15, -0.1) is 0 Å². The molecule has 0 spiro atoms. The van der Waals surface area contributed by atoms with Gasteiger partial charge in [-0.1, -0.05) is 0 Å². The smallest absolute Gasteiger partial charge is 0.410 e. The van der Waals surface area contributed by atoms with Gasteiger partial charge in [-0.3, -0.25) is 9.48 Å². The zero-order valence-electron chi connectivity index (χ0n) is 14.0. The molecule has 1 unspecified atom stereocenters. The van der Waals surface area contributed by atoms with Crippen LogP contribution in [0.2, 0.25) is 0 Å². The monoisotopic (exact) mass is 307 g/mol. The molecule has 1 atom stereocenters. The second kappa shape index (κ2) is 6.10. The second-order valence-corrected chi connectivity index (χ2v) is 6.90. The third-order valence-electron chi connectivity index (χ3n) is 3.74. The number of hydrogen-bond donors (Lipinski definition) is 0. The van der Waals surface area contributed by atoms with Crippen LogP contribution in [0.3, 0.4) is 0 Å². The summed E-state index contributed by atoms with van der Waals surface area (Å²) in [6, 6.07) is -0.0815. The van der Waals surface area contributed by atoms with E-state index < -0.39 is 5.60 Å². The first-order chi connectivity index (χ1) is 10.2. The number of carbonyl (C=O) groups excluding carboxylic acids is 2. The molecule has 1 aromatic heterocycles. The Balaban J connectivity index is 2.03. The Labute approximate surface area is 131 Å². The molecule has 0 aromatic carbocycles. The first-order valence-corrected chi connectivity index (χ1v) is 7.70. The lowest BCUT2D eigenvalue weighted by Gasteiger charge is -2.28. The summed E-state index contributed by atoms with van der Waals surface area (Å²) in [7, 11) is 1.80. The molecule has 0 aliphatic carbocycles. The van der Waals surface area contributed by atoms with E-state index in [2.05, 4.69) is 5.10 Å². The molecule has 6 heteroatoms. The number of likely N-dealkylation sites (tertiary alicyclic amines) is 1. The Kier molecular flexibility index (Phi) is 4.58. The fourth-order valence-electron chi connectivity index (χ4n) is 2.81. The normalized spacial score (nSPS) is 18.6. The Morgan fingerprint density at radius 2 is 2.09 bits per heavy atom. The lowest BCUT2D eigenvalue weighted by molar-refractivity contribution is 0.0223. The van der Waals surface area contributed by atoms with Gasteiger partial charge in [0.2, 0.25) is 0 Å². The number of Topliss-reactive ketones (excluding diaryl/α,β-unsaturated/α-hetero) is 1. The molecule has 1 saturated heterocycles. The molecule has 122 valence electrons. The van der Waals surface area contributed by atoms with Crippen LogP contribution >= 0.6 is 0 Å². The van der Waals surface area contributed by atoms with Gasteiger partial charge in [-0.25, -0.2) is 4.79 Å². The molecule has 2 rings (SSSR count). The maximum Gasteiger partial charge on any atom is 0.410 e. The molecule has 0 saturated carbocycles. The lowest BCUT2D eigenvalue weighted by atomic mass is 10.0. The van der Waals surface area contributed by atoms with Crippen LogP contribution in [-0.2, 0) is 11.8 Å². The van der Waals surface area contributed by atoms with Crippen LogP contribution in [-0.4, -0.2) is 44.7 Å². The van der Waals surface area contributed by atoms with E-state index in [-0.39, 0.29) is 17.9 Å². The summed E-state index contributed by atoms with van der Waals surface area (Å²) in [5.41, 5.74) is 0.849. The molecule has 0 bridgehead atoms. The average molecular weight is 307 g/mol. The molecular formula is C16H25N3O3. The van der Waals surface area contributed by atoms with Crippen LogP contribution in [0.1, 0.15) is 56.1 Å². The Morgan fingerprint density at radius 3 is 2.64 bits per heavy atom. The van der Waals surface area contributed by atoms with Crippen molar-refractivity contribution < 1.29 is 14.3 Å². The maximum absolute atomic E-state index is 12.5. The molecule has 1 aliphatic rings. The molecule has 22 heavy (non-hydrogen) atoms. The summed E-state index contributed by atoms with van der Waals surface area (Å²) in [4.78, 5) is 26.4. The summed E-state index contributed by atoms with van der Waals surface area (Å²) in [6.07, 6.45) is 3.48. The summed E-state index contributed by atoms with van der Waals surface area (Å²) in [5, 5.41) is 4.20. The number of nitrogens with zero attached hydrogens (tertiary/aromatic N) is 3. The average Bonchev–Trinajstić information content (AvgIpc) is 2.93. The number of rotatable bonds is 3. The van der Waals surface area contributed by atoms with E-state index in [1.165, 1.54) is 0 Å². The summed E-state index contributed by atoms with van der Waals surface area (Å²) < 4.78 is 7.07. The van der Waals surface area contributed by atoms with Crippen molar-refractivity contribution >= 4 is 11.9 Å². The molecule has 2 heterocycles. The van der Waals surface area contributed by atoms with Gasteiger partial charge in [0.25, 0.3) is 0 Å². The molecule has 6 nitrogen and oxygen atoms in total. The van der Waals surface area contributed by atoms with E-state index in [1.807, 2.05) is 27.7 Å². The van der Waals surface area contributed by atoms with Crippen molar-refractivity contribution in [1.82, 2.24) is 14.7 Å². The molecule has 1 fully saturated rings. The number of amides is 1. The molecule has 1 aromatic rings. The zero-order valence-corrected chi connectivity index (χ0v) is 14.0. The van der Waals surface area contributed by atoms with E-state index in [9.17, 15) is 9.59 Å². The van der Waals surface area contributed by atoms with Gasteiger partial charge in [0.15, 0.2) is 5.78 Å². The van der Waals surface area contributed by atoms with E-state index in [1.54, 1.807) is 22.8 Å². The lowest BCUT2D eigenvalue weighted by Crippen LogP contribution is -2.40. The van der Waals surface area contributed by atoms with E-state index in [4.69, 9.17) is 4.74 Å². The predicted molar refractivity (Wildman–Crippen MR) is 82.9 cm³/mol. The number of aryl methyl sites for hydroxylation is 2. The van der Waals surface area contributed by atoms with Crippen molar-refractivity contribution in [2.24, 2.45) is 7.05 Å². The predicted octanol–water partition coefficient (Wildman–Crippen LogP) is 2.70. The van der Waals surface area contributed by atoms with Crippen molar-refractivity contribution in [1.29, 1.82) is 0 Å². The van der Waals surface area contributed by atoms with Gasteiger partial charge in [0.05, 0.1) is 11.3 Å². The highest BCUT2D eigenvalue weighted by Gasteiger charge is 2.33. The topological polar surface area (TPSA) is 64.4 Å². The van der Waals surface area contributed by atoms with E-state index in [0.29, 0.717) is 18.5 Å². The highest BCUT2D eigenvalue weighted by atomic mass is 16.6. The summed E-state index contributed by atoms with van der Waals surface area (Å²) in [5.74, 6) is 0.0334. The van der Waals surface area contributed by atoms with Crippen molar-refractivity contribution in [2.75, 3.05) is 6.54 Å². The van der Waals surface area contributed by atoms with Gasteiger partial charge in [-0.05, 0) is 40.5 Å². The van der Waals surface area contributed by atoms with Gasteiger partial charge >= 0.3 is 6.09 Å². The molecule has 1 aliphatic heterocycles. The fraction of sp³-hybridized carbons (Fsp3) is 0.688. The van der Waals surface area contributed by atoms with Crippen LogP contribution in [0.15, 0.2) is 6.20 Å². The SMILES string of the molecule is Cc1nn(C)cc1C(=O)CC1CCCN1C(=O)OC(C)(C)C. The minimum atomic E-state index is -0.520. The third kappa shape index (κ3) is 3.87. The van der Waals surface area contributed by atoms with Crippen LogP contribution in [0.25, 0.3) is 0 Å². The summed E-state index contributed by atoms with van der Waals surface area (Å²) in [6.45, 7) is 8.02. The van der Waals surface area contributed by atoms with E-state index >= 15 is 0 Å². The van der Waals surface area contributed by atoms with Gasteiger partial charge in [0, 0.05) is 32.3 Å². The molecular weight excluding hydrogens is 282 g/mol. The van der Waals surface area contributed by atoms with Crippen LogP contribution in [0.4, 0.5) is 4.79 Å². The van der Waals surface area contributed by atoms with Crippen molar-refractivity contribution in [2.45, 2.75) is 58.6 Å². The first-order valence-electron chi connectivity index (χ1n) is 7.70. The molecule has 1 amide bonds. The number of ketones is 1. The van der Waals surface area contributed by atoms with Gasteiger partial charge in [-0.2, -0.15) is 5.10 Å². The number of aromatic nitrogens is 2. The van der Waals surface area contributed by atoms with Gasteiger partial charge in [0.1, 0.15) is 5.60 Å². The Hall–Kier alpha value is -1.85. The van der Waals surface area contributed by atoms with E-state index in [0.717, 1.165) is 18.5 Å². The zero-order chi connectivity index (χ0) is 16.5. The maximum atomic E-state index is 12.5. The number of carbonyl (C=O) groups is 2. The largest absolute Gasteiger partial charge is 0.444 e.